The first-order chi connectivity index (χ1) is 17.9. The molecule has 4 aromatic rings. The van der Waals surface area contributed by atoms with Crippen molar-refractivity contribution in [2.75, 3.05) is 6.61 Å². The molecule has 0 fully saturated rings. The van der Waals surface area contributed by atoms with Gasteiger partial charge in [0.15, 0.2) is 6.61 Å². The van der Waals surface area contributed by atoms with Gasteiger partial charge in [0.2, 0.25) is 5.91 Å². The molecule has 1 N–H and O–H groups in total. The van der Waals surface area contributed by atoms with E-state index in [1.54, 1.807) is 4.90 Å². The fourth-order valence-electron chi connectivity index (χ4n) is 4.45. The second-order valence-electron chi connectivity index (χ2n) is 9.58. The van der Waals surface area contributed by atoms with Crippen molar-refractivity contribution in [3.63, 3.8) is 0 Å². The average molecular weight is 495 g/mol. The highest BCUT2D eigenvalue weighted by Crippen LogP contribution is 2.25. The van der Waals surface area contributed by atoms with Crippen LogP contribution in [-0.4, -0.2) is 35.4 Å². The summed E-state index contributed by atoms with van der Waals surface area (Å²) in [7, 11) is 0. The van der Waals surface area contributed by atoms with E-state index in [1.807, 2.05) is 118 Å². The summed E-state index contributed by atoms with van der Waals surface area (Å²) in [6.07, 6.45) is 0.408. The molecule has 0 aliphatic carbocycles. The first-order valence-electron chi connectivity index (χ1n) is 12.7. The SMILES string of the molecule is Cc1ccccc1CN(C(=O)COc1cccc2ccccc12)[C@@H](Cc1ccccc1)C(=O)NC(C)C. The van der Waals surface area contributed by atoms with E-state index in [0.29, 0.717) is 18.7 Å². The number of carbonyl (C=O) groups is 2. The molecule has 0 saturated heterocycles. The molecule has 0 aromatic heterocycles. The molecule has 5 nitrogen and oxygen atoms in total. The summed E-state index contributed by atoms with van der Waals surface area (Å²) >= 11 is 0. The summed E-state index contributed by atoms with van der Waals surface area (Å²) in [6, 6.07) is 30.8. The molecule has 0 radical (unpaired) electrons. The van der Waals surface area contributed by atoms with E-state index >= 15 is 0 Å². The summed E-state index contributed by atoms with van der Waals surface area (Å²) in [5, 5.41) is 5.01. The third kappa shape index (κ3) is 6.76. The standard InChI is InChI=1S/C32H34N2O3/c1-23(2)33-32(36)29(20-25-13-5-4-6-14-25)34(21-27-16-8-7-12-24(27)3)31(35)22-37-30-19-11-17-26-15-9-10-18-28(26)30/h4-19,23,29H,20-22H2,1-3H3,(H,33,36)/t29-/m0/s1. The molecule has 4 aromatic carbocycles. The van der Waals surface area contributed by atoms with Gasteiger partial charge < -0.3 is 15.0 Å². The third-order valence-electron chi connectivity index (χ3n) is 6.40. The van der Waals surface area contributed by atoms with Crippen LogP contribution in [-0.2, 0) is 22.6 Å². The maximum absolute atomic E-state index is 13.8. The Labute approximate surface area is 219 Å². The zero-order valence-electron chi connectivity index (χ0n) is 21.7. The van der Waals surface area contributed by atoms with Gasteiger partial charge in [0.1, 0.15) is 11.8 Å². The summed E-state index contributed by atoms with van der Waals surface area (Å²) in [6.45, 7) is 6.02. The summed E-state index contributed by atoms with van der Waals surface area (Å²) < 4.78 is 6.07. The molecular formula is C32H34N2O3. The fraction of sp³-hybridized carbons (Fsp3) is 0.250. The maximum atomic E-state index is 13.8. The molecule has 2 amide bonds. The van der Waals surface area contributed by atoms with E-state index in [-0.39, 0.29) is 24.5 Å². The number of rotatable bonds is 10. The lowest BCUT2D eigenvalue weighted by molar-refractivity contribution is -0.143. The molecule has 0 saturated carbocycles. The van der Waals surface area contributed by atoms with Crippen molar-refractivity contribution in [3.05, 3.63) is 114 Å². The summed E-state index contributed by atoms with van der Waals surface area (Å²) in [5.41, 5.74) is 3.05. The Balaban J connectivity index is 1.65. The van der Waals surface area contributed by atoms with Crippen molar-refractivity contribution in [2.45, 2.75) is 45.8 Å². The highest BCUT2D eigenvalue weighted by Gasteiger charge is 2.31. The number of hydrogen-bond donors (Lipinski definition) is 1. The minimum absolute atomic E-state index is 0.0480. The molecule has 0 heterocycles. The Morgan fingerprint density at radius 2 is 1.51 bits per heavy atom. The Bertz CT molecular complexity index is 1350. The highest BCUT2D eigenvalue weighted by atomic mass is 16.5. The van der Waals surface area contributed by atoms with E-state index in [2.05, 4.69) is 5.32 Å². The van der Waals surface area contributed by atoms with Gasteiger partial charge in [-0.3, -0.25) is 9.59 Å². The lowest BCUT2D eigenvalue weighted by Gasteiger charge is -2.32. The molecule has 4 rings (SSSR count). The van der Waals surface area contributed by atoms with Gasteiger partial charge >= 0.3 is 0 Å². The first-order valence-corrected chi connectivity index (χ1v) is 12.7. The van der Waals surface area contributed by atoms with Crippen LogP contribution in [0, 0.1) is 6.92 Å². The number of aryl methyl sites for hydroxylation is 1. The van der Waals surface area contributed by atoms with Crippen LogP contribution in [0.4, 0.5) is 0 Å². The second-order valence-corrected chi connectivity index (χ2v) is 9.58. The first kappa shape index (κ1) is 26.0. The fourth-order valence-corrected chi connectivity index (χ4v) is 4.45. The van der Waals surface area contributed by atoms with Crippen molar-refractivity contribution in [1.82, 2.24) is 10.2 Å². The van der Waals surface area contributed by atoms with Gasteiger partial charge in [-0.05, 0) is 48.9 Å². The molecule has 5 heteroatoms. The predicted octanol–water partition coefficient (Wildman–Crippen LogP) is 5.69. The van der Waals surface area contributed by atoms with Gasteiger partial charge in [0.05, 0.1) is 0 Å². The van der Waals surface area contributed by atoms with Crippen LogP contribution >= 0.6 is 0 Å². The minimum Gasteiger partial charge on any atom is -0.483 e. The minimum atomic E-state index is -0.687. The largest absolute Gasteiger partial charge is 0.483 e. The van der Waals surface area contributed by atoms with E-state index in [4.69, 9.17) is 4.74 Å². The van der Waals surface area contributed by atoms with Crippen LogP contribution in [0.3, 0.4) is 0 Å². The zero-order valence-corrected chi connectivity index (χ0v) is 21.7. The van der Waals surface area contributed by atoms with Gasteiger partial charge in [0.25, 0.3) is 5.91 Å². The number of benzene rings is 4. The lowest BCUT2D eigenvalue weighted by atomic mass is 10.0. The van der Waals surface area contributed by atoms with E-state index in [1.165, 1.54) is 0 Å². The zero-order chi connectivity index (χ0) is 26.2. The van der Waals surface area contributed by atoms with Crippen LogP contribution in [0.1, 0.15) is 30.5 Å². The summed E-state index contributed by atoms with van der Waals surface area (Å²) in [5.74, 6) is 0.232. The molecular weight excluding hydrogens is 460 g/mol. The van der Waals surface area contributed by atoms with Gasteiger partial charge in [-0.15, -0.1) is 0 Å². The van der Waals surface area contributed by atoms with E-state index in [0.717, 1.165) is 27.5 Å². The molecule has 37 heavy (non-hydrogen) atoms. The van der Waals surface area contributed by atoms with Crippen LogP contribution in [0.15, 0.2) is 97.1 Å². The van der Waals surface area contributed by atoms with Crippen molar-refractivity contribution in [2.24, 2.45) is 0 Å². The Morgan fingerprint density at radius 3 is 2.27 bits per heavy atom. The number of amides is 2. The molecule has 0 bridgehead atoms. The normalized spacial score (nSPS) is 11.8. The number of carbonyl (C=O) groups excluding carboxylic acids is 2. The van der Waals surface area contributed by atoms with E-state index in [9.17, 15) is 9.59 Å². The smallest absolute Gasteiger partial charge is 0.261 e. The summed E-state index contributed by atoms with van der Waals surface area (Å²) in [4.78, 5) is 29.0. The van der Waals surface area contributed by atoms with Gasteiger partial charge in [-0.2, -0.15) is 0 Å². The van der Waals surface area contributed by atoms with Crippen LogP contribution < -0.4 is 10.1 Å². The number of nitrogens with zero attached hydrogens (tertiary/aromatic N) is 1. The number of hydrogen-bond acceptors (Lipinski definition) is 3. The van der Waals surface area contributed by atoms with Crippen molar-refractivity contribution < 1.29 is 14.3 Å². The van der Waals surface area contributed by atoms with Crippen molar-refractivity contribution in [3.8, 4) is 5.75 Å². The average Bonchev–Trinajstić information content (AvgIpc) is 2.90. The molecule has 190 valence electrons. The van der Waals surface area contributed by atoms with Gasteiger partial charge in [0, 0.05) is 24.4 Å². The molecule has 0 spiro atoms. The van der Waals surface area contributed by atoms with Crippen molar-refractivity contribution >= 4 is 22.6 Å². The van der Waals surface area contributed by atoms with E-state index < -0.39 is 6.04 Å². The van der Waals surface area contributed by atoms with Gasteiger partial charge in [-0.1, -0.05) is 91.0 Å². The quantitative estimate of drug-likeness (QED) is 0.308. The lowest BCUT2D eigenvalue weighted by Crippen LogP contribution is -2.52. The highest BCUT2D eigenvalue weighted by molar-refractivity contribution is 5.90. The Hall–Kier alpha value is -4.12. The molecule has 0 aliphatic rings. The predicted molar refractivity (Wildman–Crippen MR) is 148 cm³/mol. The van der Waals surface area contributed by atoms with Crippen LogP contribution in [0.5, 0.6) is 5.75 Å². The number of fused-ring (bicyclic) bond motifs is 1. The second kappa shape index (κ2) is 12.2. The van der Waals surface area contributed by atoms with Crippen LogP contribution in [0.25, 0.3) is 10.8 Å². The Kier molecular flexibility index (Phi) is 8.57. The number of nitrogens with one attached hydrogen (secondary N) is 1. The molecule has 1 atom stereocenters. The Morgan fingerprint density at radius 1 is 0.838 bits per heavy atom. The molecule has 0 unspecified atom stereocenters. The number of ether oxygens (including phenoxy) is 1. The third-order valence-corrected chi connectivity index (χ3v) is 6.40. The monoisotopic (exact) mass is 494 g/mol. The van der Waals surface area contributed by atoms with Crippen LogP contribution in [0.2, 0.25) is 0 Å². The van der Waals surface area contributed by atoms with Gasteiger partial charge in [-0.25, -0.2) is 0 Å². The topological polar surface area (TPSA) is 58.6 Å². The molecule has 0 aliphatic heterocycles. The maximum Gasteiger partial charge on any atom is 0.261 e. The van der Waals surface area contributed by atoms with Crippen molar-refractivity contribution in [1.29, 1.82) is 0 Å².